The van der Waals surface area contributed by atoms with E-state index in [0.717, 1.165) is 22.8 Å². The van der Waals surface area contributed by atoms with Gasteiger partial charge < -0.3 is 0 Å². The monoisotopic (exact) mass is 196 g/mol. The van der Waals surface area contributed by atoms with E-state index in [1.54, 1.807) is 0 Å². The molecule has 0 saturated heterocycles. The molecule has 0 aliphatic carbocycles. The summed E-state index contributed by atoms with van der Waals surface area (Å²) in [5, 5.41) is 4.90. The molecule has 0 spiro atoms. The van der Waals surface area contributed by atoms with Crippen molar-refractivity contribution in [1.82, 2.24) is 0 Å². The van der Waals surface area contributed by atoms with Gasteiger partial charge in [-0.05, 0) is 37.6 Å². The molecule has 0 aromatic heterocycles. The molecule has 0 fully saturated rings. The Labute approximate surface area is 83.6 Å². The van der Waals surface area contributed by atoms with Gasteiger partial charge in [-0.3, -0.25) is 5.43 Å². The van der Waals surface area contributed by atoms with Gasteiger partial charge in [-0.2, -0.15) is 5.10 Å². The molecule has 0 aliphatic rings. The normalized spacial score (nSPS) is 11.5. The lowest BCUT2D eigenvalue weighted by Crippen LogP contribution is -1.95. The van der Waals surface area contributed by atoms with E-state index in [1.807, 2.05) is 31.2 Å². The molecule has 1 rings (SSSR count). The Hall–Kier alpha value is -1.02. The summed E-state index contributed by atoms with van der Waals surface area (Å²) in [6.07, 6.45) is 0.959. The maximum Gasteiger partial charge on any atom is 0.0562 e. The van der Waals surface area contributed by atoms with Gasteiger partial charge in [0.05, 0.1) is 5.69 Å². The second-order valence-corrected chi connectivity index (χ2v) is 3.26. The maximum absolute atomic E-state index is 5.74. The van der Waals surface area contributed by atoms with Crippen LogP contribution in [-0.4, -0.2) is 5.71 Å². The summed E-state index contributed by atoms with van der Waals surface area (Å²) < 4.78 is 0. The standard InChI is InChI=1S/C10H13ClN2/c1-3-8(2)12-13-10-6-4-9(11)5-7-10/h4-7,13H,3H2,1-2H3. The van der Waals surface area contributed by atoms with E-state index in [0.29, 0.717) is 0 Å². The zero-order valence-electron chi connectivity index (χ0n) is 7.84. The van der Waals surface area contributed by atoms with Gasteiger partial charge in [0.2, 0.25) is 0 Å². The fourth-order valence-electron chi connectivity index (χ4n) is 0.763. The minimum Gasteiger partial charge on any atom is -0.279 e. The van der Waals surface area contributed by atoms with Crippen LogP contribution in [0, 0.1) is 0 Å². The van der Waals surface area contributed by atoms with Crippen LogP contribution in [0.1, 0.15) is 20.3 Å². The van der Waals surface area contributed by atoms with Crippen LogP contribution in [0.2, 0.25) is 5.02 Å². The van der Waals surface area contributed by atoms with Crippen molar-refractivity contribution in [1.29, 1.82) is 0 Å². The zero-order chi connectivity index (χ0) is 9.68. The number of hydrazone groups is 1. The summed E-state index contributed by atoms with van der Waals surface area (Å²) in [5.41, 5.74) is 4.99. The molecule has 1 aromatic rings. The van der Waals surface area contributed by atoms with Gasteiger partial charge in [0.25, 0.3) is 0 Å². The van der Waals surface area contributed by atoms with Crippen molar-refractivity contribution in [2.45, 2.75) is 20.3 Å². The molecular formula is C10H13ClN2. The fourth-order valence-corrected chi connectivity index (χ4v) is 0.889. The summed E-state index contributed by atoms with van der Waals surface area (Å²) in [6.45, 7) is 4.06. The van der Waals surface area contributed by atoms with Gasteiger partial charge in [0, 0.05) is 10.7 Å². The molecule has 0 radical (unpaired) electrons. The van der Waals surface area contributed by atoms with Crippen molar-refractivity contribution >= 4 is 23.0 Å². The minimum absolute atomic E-state index is 0.738. The van der Waals surface area contributed by atoms with E-state index in [4.69, 9.17) is 11.6 Å². The largest absolute Gasteiger partial charge is 0.279 e. The van der Waals surface area contributed by atoms with Gasteiger partial charge >= 0.3 is 0 Å². The fraction of sp³-hybridized carbons (Fsp3) is 0.300. The number of anilines is 1. The van der Waals surface area contributed by atoms with Crippen LogP contribution < -0.4 is 5.43 Å². The summed E-state index contributed by atoms with van der Waals surface area (Å²) >= 11 is 5.74. The van der Waals surface area contributed by atoms with E-state index in [2.05, 4.69) is 17.5 Å². The molecule has 1 N–H and O–H groups in total. The molecule has 0 atom stereocenters. The Morgan fingerprint density at radius 3 is 2.54 bits per heavy atom. The van der Waals surface area contributed by atoms with E-state index in [1.165, 1.54) is 0 Å². The first kappa shape index (κ1) is 10.1. The second-order valence-electron chi connectivity index (χ2n) is 2.82. The van der Waals surface area contributed by atoms with Crippen molar-refractivity contribution in [3.63, 3.8) is 0 Å². The molecule has 0 amide bonds. The van der Waals surface area contributed by atoms with Crippen molar-refractivity contribution in [2.24, 2.45) is 5.10 Å². The third kappa shape index (κ3) is 3.47. The highest BCUT2D eigenvalue weighted by molar-refractivity contribution is 6.30. The second kappa shape index (κ2) is 4.87. The number of halogens is 1. The summed E-state index contributed by atoms with van der Waals surface area (Å²) in [4.78, 5) is 0. The first-order valence-electron chi connectivity index (χ1n) is 4.27. The topological polar surface area (TPSA) is 24.4 Å². The molecule has 0 unspecified atom stereocenters. The van der Waals surface area contributed by atoms with E-state index in [-0.39, 0.29) is 0 Å². The lowest BCUT2D eigenvalue weighted by molar-refractivity contribution is 1.21. The number of nitrogens with one attached hydrogen (secondary N) is 1. The summed E-state index contributed by atoms with van der Waals surface area (Å²) in [5.74, 6) is 0. The highest BCUT2D eigenvalue weighted by Gasteiger charge is 1.90. The lowest BCUT2D eigenvalue weighted by atomic mass is 10.3. The predicted octanol–water partition coefficient (Wildman–Crippen LogP) is 3.54. The molecular weight excluding hydrogens is 184 g/mol. The zero-order valence-corrected chi connectivity index (χ0v) is 8.60. The number of rotatable bonds is 3. The molecule has 0 saturated carbocycles. The number of nitrogens with zero attached hydrogens (tertiary/aromatic N) is 1. The van der Waals surface area contributed by atoms with E-state index in [9.17, 15) is 0 Å². The first-order chi connectivity index (χ1) is 6.22. The molecule has 0 heterocycles. The Kier molecular flexibility index (Phi) is 3.77. The molecule has 0 aliphatic heterocycles. The summed E-state index contributed by atoms with van der Waals surface area (Å²) in [7, 11) is 0. The first-order valence-corrected chi connectivity index (χ1v) is 4.65. The van der Waals surface area contributed by atoms with Gasteiger partial charge in [0.1, 0.15) is 0 Å². The highest BCUT2D eigenvalue weighted by Crippen LogP contribution is 2.13. The quantitative estimate of drug-likeness (QED) is 0.581. The van der Waals surface area contributed by atoms with Crippen molar-refractivity contribution < 1.29 is 0 Å². The van der Waals surface area contributed by atoms with Gasteiger partial charge in [-0.15, -0.1) is 0 Å². The smallest absolute Gasteiger partial charge is 0.0562 e. The Bertz CT molecular complexity index is 290. The molecule has 3 heteroatoms. The van der Waals surface area contributed by atoms with Crippen LogP contribution in [0.15, 0.2) is 29.4 Å². The Morgan fingerprint density at radius 1 is 1.38 bits per heavy atom. The average Bonchev–Trinajstić information content (AvgIpc) is 2.16. The van der Waals surface area contributed by atoms with Crippen LogP contribution in [-0.2, 0) is 0 Å². The summed E-state index contributed by atoms with van der Waals surface area (Å²) in [6, 6.07) is 7.46. The third-order valence-electron chi connectivity index (χ3n) is 1.73. The van der Waals surface area contributed by atoms with Crippen LogP contribution in [0.4, 0.5) is 5.69 Å². The van der Waals surface area contributed by atoms with Crippen molar-refractivity contribution in [3.8, 4) is 0 Å². The number of hydrogen-bond acceptors (Lipinski definition) is 2. The van der Waals surface area contributed by atoms with E-state index >= 15 is 0 Å². The molecule has 13 heavy (non-hydrogen) atoms. The van der Waals surface area contributed by atoms with E-state index < -0.39 is 0 Å². The number of hydrogen-bond donors (Lipinski definition) is 1. The van der Waals surface area contributed by atoms with Gasteiger partial charge in [-0.1, -0.05) is 18.5 Å². The van der Waals surface area contributed by atoms with Crippen LogP contribution >= 0.6 is 11.6 Å². The number of benzene rings is 1. The highest BCUT2D eigenvalue weighted by atomic mass is 35.5. The minimum atomic E-state index is 0.738. The molecule has 2 nitrogen and oxygen atoms in total. The average molecular weight is 197 g/mol. The predicted molar refractivity (Wildman–Crippen MR) is 58.5 cm³/mol. The van der Waals surface area contributed by atoms with Gasteiger partial charge in [-0.25, -0.2) is 0 Å². The third-order valence-corrected chi connectivity index (χ3v) is 1.98. The molecule has 70 valence electrons. The van der Waals surface area contributed by atoms with Crippen molar-refractivity contribution in [3.05, 3.63) is 29.3 Å². The van der Waals surface area contributed by atoms with Gasteiger partial charge in [0.15, 0.2) is 0 Å². The molecule has 1 aromatic carbocycles. The molecule has 0 bridgehead atoms. The Balaban J connectivity index is 2.60. The van der Waals surface area contributed by atoms with Crippen LogP contribution in [0.5, 0.6) is 0 Å². The Morgan fingerprint density at radius 2 is 2.00 bits per heavy atom. The lowest BCUT2D eigenvalue weighted by Gasteiger charge is -2.01. The maximum atomic E-state index is 5.74. The van der Waals surface area contributed by atoms with Crippen LogP contribution in [0.25, 0.3) is 0 Å². The SMILES string of the molecule is CCC(C)=NNc1ccc(Cl)cc1. The van der Waals surface area contributed by atoms with Crippen LogP contribution in [0.3, 0.4) is 0 Å². The van der Waals surface area contributed by atoms with Crippen molar-refractivity contribution in [2.75, 3.05) is 5.43 Å².